The zero-order chi connectivity index (χ0) is 11.7. The molecule has 1 saturated carbocycles. The summed E-state index contributed by atoms with van der Waals surface area (Å²) in [5, 5.41) is 1.24. The second-order valence-corrected chi connectivity index (χ2v) is 6.03. The fourth-order valence-corrected chi connectivity index (χ4v) is 2.81. The smallest absolute Gasteiger partial charge is 0.149 e. The van der Waals surface area contributed by atoms with Gasteiger partial charge in [0.2, 0.25) is 0 Å². The van der Waals surface area contributed by atoms with Crippen molar-refractivity contribution in [1.82, 2.24) is 0 Å². The number of alkyl halides is 1. The first-order valence-electron chi connectivity index (χ1n) is 5.19. The number of halogens is 3. The summed E-state index contributed by atoms with van der Waals surface area (Å²) in [5.74, 6) is 0.571. The molecule has 0 aliphatic heterocycles. The van der Waals surface area contributed by atoms with Gasteiger partial charge in [-0.1, -0.05) is 45.2 Å². The highest BCUT2D eigenvalue weighted by molar-refractivity contribution is 9.10. The molecule has 1 nitrogen and oxygen atoms in total. The van der Waals surface area contributed by atoms with Gasteiger partial charge in [0.05, 0.1) is 4.83 Å². The summed E-state index contributed by atoms with van der Waals surface area (Å²) in [6.45, 7) is 0. The molecule has 1 aliphatic rings. The van der Waals surface area contributed by atoms with Crippen molar-refractivity contribution in [2.45, 2.75) is 24.1 Å². The van der Waals surface area contributed by atoms with Crippen LogP contribution in [0.5, 0.6) is 0 Å². The van der Waals surface area contributed by atoms with Gasteiger partial charge >= 0.3 is 0 Å². The van der Waals surface area contributed by atoms with Gasteiger partial charge in [0, 0.05) is 16.0 Å². The van der Waals surface area contributed by atoms with E-state index in [-0.39, 0.29) is 10.7 Å². The van der Waals surface area contributed by atoms with Crippen molar-refractivity contribution < 1.29 is 4.79 Å². The molecule has 4 heteroatoms. The number of carbonyl (C=O) groups is 1. The Hall–Kier alpha value is -0.0500. The van der Waals surface area contributed by atoms with Crippen LogP contribution in [0.25, 0.3) is 0 Å². The molecule has 0 spiro atoms. The first-order chi connectivity index (χ1) is 7.58. The molecule has 1 aromatic carbocycles. The van der Waals surface area contributed by atoms with Gasteiger partial charge in [0.1, 0.15) is 5.78 Å². The fourth-order valence-electron chi connectivity index (χ4n) is 1.60. The largest absolute Gasteiger partial charge is 0.298 e. The summed E-state index contributed by atoms with van der Waals surface area (Å²) in [5.41, 5.74) is 0.960. The van der Waals surface area contributed by atoms with Gasteiger partial charge in [-0.05, 0) is 37.0 Å². The molecule has 2 rings (SSSR count). The minimum absolute atomic E-state index is 0.126. The number of carbonyl (C=O) groups excluding carboxylic acids is 1. The molecule has 86 valence electrons. The van der Waals surface area contributed by atoms with Gasteiger partial charge in [-0.25, -0.2) is 0 Å². The minimum Gasteiger partial charge on any atom is -0.298 e. The van der Waals surface area contributed by atoms with Gasteiger partial charge in [-0.3, -0.25) is 4.79 Å². The van der Waals surface area contributed by atoms with Crippen LogP contribution < -0.4 is 0 Å². The highest BCUT2D eigenvalue weighted by atomic mass is 79.9. The van der Waals surface area contributed by atoms with Crippen LogP contribution in [-0.4, -0.2) is 10.6 Å². The lowest BCUT2D eigenvalue weighted by Crippen LogP contribution is -2.18. The molecule has 0 aromatic heterocycles. The van der Waals surface area contributed by atoms with Gasteiger partial charge in [-0.15, -0.1) is 0 Å². The molecule has 0 heterocycles. The van der Waals surface area contributed by atoms with Crippen molar-refractivity contribution in [2.24, 2.45) is 5.92 Å². The van der Waals surface area contributed by atoms with E-state index in [1.54, 1.807) is 12.1 Å². The number of hydrogen-bond acceptors (Lipinski definition) is 1. The number of benzene rings is 1. The molecule has 1 aromatic rings. The molecule has 0 radical (unpaired) electrons. The predicted octanol–water partition coefficient (Wildman–Crippen LogP) is 4.28. The Morgan fingerprint density at radius 3 is 2.69 bits per heavy atom. The highest BCUT2D eigenvalue weighted by Crippen LogP contribution is 2.34. The summed E-state index contributed by atoms with van der Waals surface area (Å²) >= 11 is 15.3. The quantitative estimate of drug-likeness (QED) is 0.756. The lowest BCUT2D eigenvalue weighted by molar-refractivity contribution is -0.119. The number of ketones is 1. The second-order valence-electron chi connectivity index (χ2n) is 4.08. The molecule has 0 amide bonds. The van der Waals surface area contributed by atoms with Crippen LogP contribution in [0.2, 0.25) is 10.0 Å². The zero-order valence-electron chi connectivity index (χ0n) is 8.55. The first-order valence-corrected chi connectivity index (χ1v) is 6.87. The maximum absolute atomic E-state index is 11.8. The van der Waals surface area contributed by atoms with Crippen molar-refractivity contribution in [3.8, 4) is 0 Å². The Morgan fingerprint density at radius 2 is 2.12 bits per heavy atom. The summed E-state index contributed by atoms with van der Waals surface area (Å²) in [6.07, 6.45) is 2.70. The van der Waals surface area contributed by atoms with Crippen LogP contribution >= 0.6 is 39.1 Å². The normalized spacial score (nSPS) is 17.2. The summed E-state index contributed by atoms with van der Waals surface area (Å²) in [6, 6.07) is 5.38. The van der Waals surface area contributed by atoms with Crippen LogP contribution in [0.1, 0.15) is 18.4 Å². The third-order valence-electron chi connectivity index (χ3n) is 2.70. The molecule has 0 saturated heterocycles. The minimum atomic E-state index is -0.126. The molecular weight excluding hydrogens is 311 g/mol. The van der Waals surface area contributed by atoms with Crippen LogP contribution in [0.4, 0.5) is 0 Å². The van der Waals surface area contributed by atoms with Crippen molar-refractivity contribution in [1.29, 1.82) is 0 Å². The van der Waals surface area contributed by atoms with Crippen molar-refractivity contribution in [2.75, 3.05) is 0 Å². The van der Waals surface area contributed by atoms with E-state index >= 15 is 0 Å². The van der Waals surface area contributed by atoms with E-state index in [1.807, 2.05) is 6.07 Å². The molecular formula is C12H11BrCl2O. The van der Waals surface area contributed by atoms with Crippen LogP contribution in [0.3, 0.4) is 0 Å². The van der Waals surface area contributed by atoms with E-state index in [4.69, 9.17) is 23.2 Å². The van der Waals surface area contributed by atoms with Crippen LogP contribution in [0, 0.1) is 5.92 Å². The van der Waals surface area contributed by atoms with Crippen LogP contribution in [-0.2, 0) is 11.2 Å². The van der Waals surface area contributed by atoms with Gasteiger partial charge in [0.15, 0.2) is 0 Å². The molecule has 1 aliphatic carbocycles. The molecule has 1 atom stereocenters. The number of Topliss-reactive ketones (excluding diaryl/α,β-unsaturated/α-hetero) is 1. The summed E-state index contributed by atoms with van der Waals surface area (Å²) < 4.78 is 0. The van der Waals surface area contributed by atoms with E-state index in [0.717, 1.165) is 18.4 Å². The predicted molar refractivity (Wildman–Crippen MR) is 70.6 cm³/mol. The van der Waals surface area contributed by atoms with Gasteiger partial charge in [-0.2, -0.15) is 0 Å². The number of hydrogen-bond donors (Lipinski definition) is 0. The van der Waals surface area contributed by atoms with Crippen molar-refractivity contribution >= 4 is 44.9 Å². The van der Waals surface area contributed by atoms with E-state index in [2.05, 4.69) is 15.9 Å². The lowest BCUT2D eigenvalue weighted by Gasteiger charge is -2.09. The van der Waals surface area contributed by atoms with Crippen molar-refractivity contribution in [3.63, 3.8) is 0 Å². The highest BCUT2D eigenvalue weighted by Gasteiger charge is 2.33. The third kappa shape index (κ3) is 2.99. The van der Waals surface area contributed by atoms with E-state index in [0.29, 0.717) is 22.2 Å². The first kappa shape index (κ1) is 12.4. The topological polar surface area (TPSA) is 17.1 Å². The fraction of sp³-hybridized carbons (Fsp3) is 0.417. The zero-order valence-corrected chi connectivity index (χ0v) is 11.6. The summed E-state index contributed by atoms with van der Waals surface area (Å²) in [4.78, 5) is 11.6. The standard InChI is InChI=1S/C12H11BrCl2O/c13-10(12(16)7-1-2-7)5-8-3-4-9(14)6-11(8)15/h3-4,6-7,10H,1-2,5H2. The van der Waals surface area contributed by atoms with Gasteiger partial charge in [0.25, 0.3) is 0 Å². The lowest BCUT2D eigenvalue weighted by atomic mass is 10.1. The van der Waals surface area contributed by atoms with Crippen LogP contribution in [0.15, 0.2) is 18.2 Å². The number of rotatable bonds is 4. The maximum atomic E-state index is 11.8. The Kier molecular flexibility index (Phi) is 3.93. The SMILES string of the molecule is O=C(C(Br)Cc1ccc(Cl)cc1Cl)C1CC1. The Labute approximate surface area is 113 Å². The van der Waals surface area contributed by atoms with E-state index < -0.39 is 0 Å². The van der Waals surface area contributed by atoms with E-state index in [1.165, 1.54) is 0 Å². The average Bonchev–Trinajstić information content (AvgIpc) is 3.04. The molecule has 0 bridgehead atoms. The molecule has 0 N–H and O–H groups in total. The monoisotopic (exact) mass is 320 g/mol. The third-order valence-corrected chi connectivity index (χ3v) is 4.06. The maximum Gasteiger partial charge on any atom is 0.149 e. The van der Waals surface area contributed by atoms with Gasteiger partial charge < -0.3 is 0 Å². The summed E-state index contributed by atoms with van der Waals surface area (Å²) in [7, 11) is 0. The Morgan fingerprint density at radius 1 is 1.44 bits per heavy atom. The van der Waals surface area contributed by atoms with Crippen molar-refractivity contribution in [3.05, 3.63) is 33.8 Å². The molecule has 1 unspecified atom stereocenters. The molecule has 1 fully saturated rings. The van der Waals surface area contributed by atoms with E-state index in [9.17, 15) is 4.79 Å². The average molecular weight is 322 g/mol. The second kappa shape index (κ2) is 5.07. The Balaban J connectivity index is 2.05. The molecule has 16 heavy (non-hydrogen) atoms. The Bertz CT molecular complexity index is 415.